The number of methoxy groups -OCH3 is 2. The number of nitrogens with zero attached hydrogens (tertiary/aromatic N) is 2. The molecule has 0 saturated carbocycles. The molecule has 0 unspecified atom stereocenters. The SMILES string of the molecule is [2H]c1c([2H])c(S(=O)(=O)Nc2nc(OC)cc(OC)n2)c([2H])c([2H])c1N. The molecule has 1 aromatic carbocycles. The summed E-state index contributed by atoms with van der Waals surface area (Å²) in [7, 11) is -1.93. The minimum atomic E-state index is -4.54. The highest BCUT2D eigenvalue weighted by Crippen LogP contribution is 2.20. The van der Waals surface area contributed by atoms with E-state index in [2.05, 4.69) is 9.97 Å². The number of aromatic nitrogens is 2. The first-order valence-electron chi connectivity index (χ1n) is 7.48. The Balaban J connectivity index is 2.58. The minimum absolute atomic E-state index is 0.0152. The third kappa shape index (κ3) is 3.51. The standard InChI is InChI=1S/C12H14N4O4S/c1-19-10-7-11(20-2)15-12(14-10)16-21(17,18)9-5-3-8(13)4-6-9/h3-7H,13H2,1-2H3,(H,14,15,16)/i3D,4D,5D,6D. The summed E-state index contributed by atoms with van der Waals surface area (Å²) in [6.07, 6.45) is 0. The Bertz CT molecular complexity index is 888. The molecule has 0 spiro atoms. The Hall–Kier alpha value is -2.55. The van der Waals surface area contributed by atoms with Crippen molar-refractivity contribution in [2.24, 2.45) is 0 Å². The summed E-state index contributed by atoms with van der Waals surface area (Å²) >= 11 is 0. The molecule has 1 heterocycles. The third-order valence-corrected chi connectivity index (χ3v) is 3.41. The van der Waals surface area contributed by atoms with Crippen molar-refractivity contribution in [3.05, 3.63) is 30.2 Å². The predicted molar refractivity (Wildman–Crippen MR) is 76.8 cm³/mol. The van der Waals surface area contributed by atoms with E-state index in [1.54, 1.807) is 0 Å². The van der Waals surface area contributed by atoms with Gasteiger partial charge < -0.3 is 15.2 Å². The second-order valence-electron chi connectivity index (χ2n) is 3.62. The van der Waals surface area contributed by atoms with E-state index in [1.165, 1.54) is 20.3 Å². The van der Waals surface area contributed by atoms with Crippen LogP contribution in [0.3, 0.4) is 0 Å². The molecule has 112 valence electrons. The summed E-state index contributed by atoms with van der Waals surface area (Å²) in [4.78, 5) is 6.70. The van der Waals surface area contributed by atoms with Gasteiger partial charge in [0, 0.05) is 5.69 Å². The topological polar surface area (TPSA) is 116 Å². The number of hydrogen-bond donors (Lipinski definition) is 2. The number of nitrogens with one attached hydrogen (secondary N) is 1. The Labute approximate surface area is 127 Å². The second kappa shape index (κ2) is 5.83. The second-order valence-corrected chi connectivity index (χ2v) is 5.24. The van der Waals surface area contributed by atoms with Gasteiger partial charge in [-0.1, -0.05) is 0 Å². The number of rotatable bonds is 5. The van der Waals surface area contributed by atoms with Crippen LogP contribution in [0.15, 0.2) is 35.1 Å². The number of hydrogen-bond acceptors (Lipinski definition) is 7. The first kappa shape index (κ1) is 10.2. The maximum Gasteiger partial charge on any atom is 0.264 e. The molecule has 0 fully saturated rings. The largest absolute Gasteiger partial charge is 0.481 e. The summed E-state index contributed by atoms with van der Waals surface area (Å²) in [5.74, 6) is -0.396. The highest BCUT2D eigenvalue weighted by atomic mass is 32.2. The first-order valence-corrected chi connectivity index (χ1v) is 6.96. The fraction of sp³-hybridized carbons (Fsp3) is 0.167. The van der Waals surface area contributed by atoms with Crippen LogP contribution in [0.1, 0.15) is 5.48 Å². The van der Waals surface area contributed by atoms with E-state index in [9.17, 15) is 8.42 Å². The van der Waals surface area contributed by atoms with E-state index in [4.69, 9.17) is 20.7 Å². The molecule has 3 N–H and O–H groups in total. The van der Waals surface area contributed by atoms with Gasteiger partial charge in [-0.25, -0.2) is 13.1 Å². The van der Waals surface area contributed by atoms with E-state index in [-0.39, 0.29) is 11.8 Å². The van der Waals surface area contributed by atoms with Gasteiger partial charge in [0.2, 0.25) is 17.7 Å². The van der Waals surface area contributed by atoms with Crippen molar-refractivity contribution in [1.29, 1.82) is 0 Å². The molecule has 0 amide bonds. The molecule has 0 radical (unpaired) electrons. The lowest BCUT2D eigenvalue weighted by molar-refractivity contribution is 0.373. The molecule has 21 heavy (non-hydrogen) atoms. The van der Waals surface area contributed by atoms with Crippen molar-refractivity contribution in [1.82, 2.24) is 9.97 Å². The normalized spacial score (nSPS) is 13.6. The Morgan fingerprint density at radius 2 is 1.67 bits per heavy atom. The zero-order valence-electron chi connectivity index (χ0n) is 15.1. The van der Waals surface area contributed by atoms with Crippen LogP contribution in [0.2, 0.25) is 0 Å². The molecule has 0 saturated heterocycles. The van der Waals surface area contributed by atoms with Crippen molar-refractivity contribution < 1.29 is 23.4 Å². The molecule has 0 aliphatic carbocycles. The van der Waals surface area contributed by atoms with E-state index >= 15 is 0 Å². The number of nitrogens with two attached hydrogens (primary N) is 1. The lowest BCUT2D eigenvalue weighted by Gasteiger charge is -2.09. The summed E-state index contributed by atoms with van der Waals surface area (Å²) in [6.45, 7) is 0. The molecule has 0 aliphatic heterocycles. The molecule has 0 bridgehead atoms. The average Bonchev–Trinajstić information content (AvgIpc) is 2.57. The van der Waals surface area contributed by atoms with Gasteiger partial charge in [-0.3, -0.25) is 0 Å². The van der Waals surface area contributed by atoms with Crippen LogP contribution in [0.25, 0.3) is 0 Å². The van der Waals surface area contributed by atoms with E-state index in [1.807, 2.05) is 4.72 Å². The summed E-state index contributed by atoms with van der Waals surface area (Å²) < 4.78 is 67.7. The van der Waals surface area contributed by atoms with Crippen LogP contribution in [-0.4, -0.2) is 32.6 Å². The van der Waals surface area contributed by atoms with Crippen LogP contribution in [0.4, 0.5) is 11.6 Å². The van der Waals surface area contributed by atoms with Crippen molar-refractivity contribution in [2.45, 2.75) is 4.90 Å². The fourth-order valence-corrected chi connectivity index (χ4v) is 2.08. The smallest absolute Gasteiger partial charge is 0.264 e. The summed E-state index contributed by atoms with van der Waals surface area (Å²) in [5.41, 5.74) is 4.99. The maximum absolute atomic E-state index is 12.5. The number of benzene rings is 1. The van der Waals surface area contributed by atoms with Crippen molar-refractivity contribution >= 4 is 21.7 Å². The summed E-state index contributed by atoms with van der Waals surface area (Å²) in [6, 6.07) is -1.62. The van der Waals surface area contributed by atoms with Crippen molar-refractivity contribution in [3.63, 3.8) is 0 Å². The van der Waals surface area contributed by atoms with Crippen LogP contribution in [0, 0.1) is 0 Å². The van der Waals surface area contributed by atoms with E-state index in [0.29, 0.717) is 0 Å². The third-order valence-electron chi connectivity index (χ3n) is 2.21. The van der Waals surface area contributed by atoms with Gasteiger partial charge in [-0.2, -0.15) is 9.97 Å². The van der Waals surface area contributed by atoms with Gasteiger partial charge in [0.15, 0.2) is 0 Å². The summed E-state index contributed by atoms with van der Waals surface area (Å²) in [5, 5.41) is 0. The number of anilines is 2. The first-order chi connectivity index (χ1) is 11.6. The molecule has 0 aliphatic rings. The highest BCUT2D eigenvalue weighted by molar-refractivity contribution is 7.92. The quantitative estimate of drug-likeness (QED) is 0.787. The lowest BCUT2D eigenvalue weighted by atomic mass is 10.3. The van der Waals surface area contributed by atoms with Gasteiger partial charge in [-0.05, 0) is 24.2 Å². The predicted octanol–water partition coefficient (Wildman–Crippen LogP) is 0.877. The molecule has 8 nitrogen and oxygen atoms in total. The van der Waals surface area contributed by atoms with Gasteiger partial charge in [-0.15, -0.1) is 0 Å². The molecule has 1 aromatic heterocycles. The van der Waals surface area contributed by atoms with Crippen LogP contribution >= 0.6 is 0 Å². The Morgan fingerprint density at radius 3 is 2.14 bits per heavy atom. The van der Waals surface area contributed by atoms with E-state index < -0.39 is 50.7 Å². The number of ether oxygens (including phenoxy) is 2. The molecule has 0 atom stereocenters. The number of sulfonamides is 1. The van der Waals surface area contributed by atoms with Gasteiger partial charge in [0.05, 0.1) is 30.7 Å². The lowest BCUT2D eigenvalue weighted by Crippen LogP contribution is -2.15. The van der Waals surface area contributed by atoms with E-state index in [0.717, 1.165) is 0 Å². The van der Waals surface area contributed by atoms with Gasteiger partial charge in [0.1, 0.15) is 0 Å². The molecule has 2 aromatic rings. The molecule has 9 heteroatoms. The van der Waals surface area contributed by atoms with Crippen molar-refractivity contribution in [3.8, 4) is 11.8 Å². The molecule has 2 rings (SSSR count). The molecular weight excluding hydrogens is 296 g/mol. The number of nitrogen functional groups attached to an aromatic ring is 1. The highest BCUT2D eigenvalue weighted by Gasteiger charge is 2.17. The zero-order valence-corrected chi connectivity index (χ0v) is 11.9. The van der Waals surface area contributed by atoms with Gasteiger partial charge in [0.25, 0.3) is 10.0 Å². The molecular formula is C12H14N4O4S. The monoisotopic (exact) mass is 314 g/mol. The average molecular weight is 314 g/mol. The van der Waals surface area contributed by atoms with Crippen molar-refractivity contribution in [2.75, 3.05) is 24.7 Å². The van der Waals surface area contributed by atoms with Crippen LogP contribution < -0.4 is 19.9 Å². The maximum atomic E-state index is 12.5. The Morgan fingerprint density at radius 1 is 1.14 bits per heavy atom. The zero-order chi connectivity index (χ0) is 18.9. The van der Waals surface area contributed by atoms with Crippen LogP contribution in [0.5, 0.6) is 11.8 Å². The van der Waals surface area contributed by atoms with Crippen LogP contribution in [-0.2, 0) is 10.0 Å². The van der Waals surface area contributed by atoms with Gasteiger partial charge >= 0.3 is 0 Å². The Kier molecular flexibility index (Phi) is 2.84. The fourth-order valence-electron chi connectivity index (χ4n) is 1.27. The minimum Gasteiger partial charge on any atom is -0.481 e.